The monoisotopic (exact) mass is 490 g/mol. The fourth-order valence-corrected chi connectivity index (χ4v) is 3.87. The first-order chi connectivity index (χ1) is 16.7. The minimum atomic E-state index is -4.84. The van der Waals surface area contributed by atoms with Crippen LogP contribution in [0.3, 0.4) is 0 Å². The van der Waals surface area contributed by atoms with E-state index in [4.69, 9.17) is 9.47 Å². The van der Waals surface area contributed by atoms with E-state index >= 15 is 0 Å². The number of aromatic nitrogens is 2. The third-order valence-corrected chi connectivity index (χ3v) is 5.68. The Hall–Kier alpha value is -3.89. The van der Waals surface area contributed by atoms with Crippen LogP contribution in [0.2, 0.25) is 0 Å². The maximum atomic E-state index is 13.7. The van der Waals surface area contributed by atoms with Crippen LogP contribution in [0.1, 0.15) is 18.4 Å². The highest BCUT2D eigenvalue weighted by Crippen LogP contribution is 2.37. The van der Waals surface area contributed by atoms with Crippen LogP contribution in [0.15, 0.2) is 49.3 Å². The molecule has 0 spiro atoms. The van der Waals surface area contributed by atoms with E-state index in [1.807, 2.05) is 0 Å². The molecule has 0 unspecified atom stereocenters. The van der Waals surface area contributed by atoms with Crippen molar-refractivity contribution in [3.63, 3.8) is 0 Å². The number of halogens is 4. The number of nitrogens with one attached hydrogen (secondary N) is 1. The lowest BCUT2D eigenvalue weighted by Gasteiger charge is -2.31. The second-order valence-electron chi connectivity index (χ2n) is 7.91. The number of carbonyl (C=O) groups is 1. The molecule has 1 aromatic heterocycles. The van der Waals surface area contributed by atoms with E-state index in [-0.39, 0.29) is 23.5 Å². The number of likely N-dealkylation sites (tertiary alicyclic amines) is 1. The van der Waals surface area contributed by atoms with Crippen LogP contribution in [0.4, 0.5) is 29.1 Å². The average Bonchev–Trinajstić information content (AvgIpc) is 2.84. The molecule has 2 heterocycles. The Morgan fingerprint density at radius 3 is 2.57 bits per heavy atom. The molecule has 1 aliphatic rings. The number of piperidine rings is 1. The van der Waals surface area contributed by atoms with Crippen LogP contribution in [-0.4, -0.2) is 47.1 Å². The number of anilines is 2. The highest BCUT2D eigenvalue weighted by molar-refractivity contribution is 5.93. The molecule has 35 heavy (non-hydrogen) atoms. The van der Waals surface area contributed by atoms with E-state index < -0.39 is 17.6 Å². The topological polar surface area (TPSA) is 76.6 Å². The number of fused-ring (bicyclic) bond motifs is 1. The normalized spacial score (nSPS) is 14.6. The summed E-state index contributed by atoms with van der Waals surface area (Å²) in [6.45, 7) is 4.54. The minimum absolute atomic E-state index is 0.0104. The Balaban J connectivity index is 1.62. The summed E-state index contributed by atoms with van der Waals surface area (Å²) < 4.78 is 64.6. The molecule has 0 bridgehead atoms. The molecule has 1 fully saturated rings. The summed E-state index contributed by atoms with van der Waals surface area (Å²) in [7, 11) is 1.48. The molecule has 11 heteroatoms. The van der Waals surface area contributed by atoms with Gasteiger partial charge in [-0.05, 0) is 30.3 Å². The van der Waals surface area contributed by atoms with Crippen LogP contribution >= 0.6 is 0 Å². The van der Waals surface area contributed by atoms with Gasteiger partial charge in [-0.3, -0.25) is 4.79 Å². The van der Waals surface area contributed by atoms with Gasteiger partial charge in [0, 0.05) is 43.1 Å². The largest absolute Gasteiger partial charge is 0.493 e. The van der Waals surface area contributed by atoms with E-state index in [2.05, 4.69) is 21.9 Å². The van der Waals surface area contributed by atoms with Gasteiger partial charge in [-0.15, -0.1) is 0 Å². The number of alkyl halides is 3. The quantitative estimate of drug-likeness (QED) is 0.383. The zero-order chi connectivity index (χ0) is 25.2. The van der Waals surface area contributed by atoms with Crippen LogP contribution in [0.25, 0.3) is 10.9 Å². The summed E-state index contributed by atoms with van der Waals surface area (Å²) in [4.78, 5) is 21.9. The van der Waals surface area contributed by atoms with Gasteiger partial charge in [-0.25, -0.2) is 14.4 Å². The zero-order valence-corrected chi connectivity index (χ0v) is 18.7. The van der Waals surface area contributed by atoms with Gasteiger partial charge in [0.15, 0.2) is 11.5 Å². The van der Waals surface area contributed by atoms with Crippen molar-refractivity contribution in [3.05, 3.63) is 60.7 Å². The third-order valence-electron chi connectivity index (χ3n) is 5.68. The first-order valence-corrected chi connectivity index (χ1v) is 10.7. The Kier molecular flexibility index (Phi) is 6.77. The SMILES string of the molecule is C=CC(=O)N1CCC(Oc2cc3c(Nc4ccc(F)c(C(F)(F)F)c4)ncnc3cc2OC)CC1. The summed E-state index contributed by atoms with van der Waals surface area (Å²) in [5.41, 5.74) is -0.902. The average molecular weight is 490 g/mol. The van der Waals surface area contributed by atoms with E-state index in [0.717, 1.165) is 6.07 Å². The maximum absolute atomic E-state index is 13.7. The Morgan fingerprint density at radius 1 is 1.17 bits per heavy atom. The van der Waals surface area contributed by atoms with E-state index in [1.54, 1.807) is 17.0 Å². The second kappa shape index (κ2) is 9.77. The molecule has 1 amide bonds. The number of amides is 1. The summed E-state index contributed by atoms with van der Waals surface area (Å²) in [5, 5.41) is 3.28. The van der Waals surface area contributed by atoms with Crippen molar-refractivity contribution < 1.29 is 31.8 Å². The summed E-state index contributed by atoms with van der Waals surface area (Å²) in [6.07, 6.45) is -1.27. The van der Waals surface area contributed by atoms with Crippen molar-refractivity contribution in [2.24, 2.45) is 0 Å². The van der Waals surface area contributed by atoms with E-state index in [1.165, 1.54) is 25.6 Å². The van der Waals surface area contributed by atoms with Gasteiger partial charge in [0.2, 0.25) is 5.91 Å². The number of hydrogen-bond acceptors (Lipinski definition) is 6. The number of nitrogens with zero attached hydrogens (tertiary/aromatic N) is 3. The highest BCUT2D eigenvalue weighted by Gasteiger charge is 2.34. The number of carbonyl (C=O) groups excluding carboxylic acids is 1. The second-order valence-corrected chi connectivity index (χ2v) is 7.91. The van der Waals surface area contributed by atoms with Crippen LogP contribution < -0.4 is 14.8 Å². The predicted molar refractivity (Wildman–Crippen MR) is 121 cm³/mol. The van der Waals surface area contributed by atoms with Gasteiger partial charge in [-0.1, -0.05) is 6.58 Å². The van der Waals surface area contributed by atoms with Crippen molar-refractivity contribution in [2.45, 2.75) is 25.1 Å². The molecule has 3 aromatic rings. The molecule has 0 radical (unpaired) electrons. The fraction of sp³-hybridized carbons (Fsp3) is 0.292. The summed E-state index contributed by atoms with van der Waals surface area (Å²) in [6, 6.07) is 5.90. The third kappa shape index (κ3) is 5.28. The molecular weight excluding hydrogens is 468 g/mol. The minimum Gasteiger partial charge on any atom is -0.493 e. The van der Waals surface area contributed by atoms with Gasteiger partial charge in [0.25, 0.3) is 0 Å². The van der Waals surface area contributed by atoms with Crippen LogP contribution in [-0.2, 0) is 11.0 Å². The smallest absolute Gasteiger partial charge is 0.419 e. The number of benzene rings is 2. The Labute approximate surface area is 198 Å². The predicted octanol–water partition coefficient (Wildman–Crippen LogP) is 5.10. The van der Waals surface area contributed by atoms with Gasteiger partial charge in [0.05, 0.1) is 18.2 Å². The van der Waals surface area contributed by atoms with Gasteiger partial charge >= 0.3 is 6.18 Å². The summed E-state index contributed by atoms with van der Waals surface area (Å²) >= 11 is 0. The lowest BCUT2D eigenvalue weighted by molar-refractivity contribution is -0.140. The molecule has 0 saturated carbocycles. The molecule has 7 nitrogen and oxygen atoms in total. The molecule has 0 aliphatic carbocycles. The first kappa shape index (κ1) is 24.2. The number of ether oxygens (including phenoxy) is 2. The zero-order valence-electron chi connectivity index (χ0n) is 18.7. The van der Waals surface area contributed by atoms with Gasteiger partial charge < -0.3 is 19.7 Å². The molecular formula is C24H22F4N4O3. The van der Waals surface area contributed by atoms with Crippen molar-refractivity contribution in [3.8, 4) is 11.5 Å². The lowest BCUT2D eigenvalue weighted by Crippen LogP contribution is -2.41. The molecule has 1 saturated heterocycles. The molecule has 1 N–H and O–H groups in total. The fourth-order valence-electron chi connectivity index (χ4n) is 3.87. The molecule has 2 aromatic carbocycles. The van der Waals surface area contributed by atoms with Crippen LogP contribution in [0.5, 0.6) is 11.5 Å². The van der Waals surface area contributed by atoms with Crippen molar-refractivity contribution in [2.75, 3.05) is 25.5 Å². The van der Waals surface area contributed by atoms with Crippen molar-refractivity contribution in [1.82, 2.24) is 14.9 Å². The lowest BCUT2D eigenvalue weighted by atomic mass is 10.1. The van der Waals surface area contributed by atoms with Crippen LogP contribution in [0, 0.1) is 5.82 Å². The van der Waals surface area contributed by atoms with Crippen molar-refractivity contribution in [1.29, 1.82) is 0 Å². The first-order valence-electron chi connectivity index (χ1n) is 10.7. The highest BCUT2D eigenvalue weighted by atomic mass is 19.4. The summed E-state index contributed by atoms with van der Waals surface area (Å²) in [5.74, 6) is -0.450. The van der Waals surface area contributed by atoms with Gasteiger partial charge in [-0.2, -0.15) is 13.2 Å². The maximum Gasteiger partial charge on any atom is 0.419 e. The standard InChI is InChI=1S/C24H22F4N4O3/c1-3-22(33)32-8-6-15(7-9-32)35-21-11-16-19(12-20(21)34-2)29-13-30-23(16)31-14-4-5-18(25)17(10-14)24(26,27)28/h3-5,10-13,15H,1,6-9H2,2H3,(H,29,30,31). The molecule has 4 rings (SSSR count). The Bertz CT molecular complexity index is 1260. The molecule has 184 valence electrons. The van der Waals surface area contributed by atoms with Gasteiger partial charge in [0.1, 0.15) is 24.1 Å². The number of methoxy groups -OCH3 is 1. The molecule has 1 aliphatic heterocycles. The van der Waals surface area contributed by atoms with E-state index in [0.29, 0.717) is 54.4 Å². The molecule has 0 atom stereocenters. The van der Waals surface area contributed by atoms with E-state index in [9.17, 15) is 22.4 Å². The number of hydrogen-bond donors (Lipinski definition) is 1. The number of rotatable bonds is 6. The van der Waals surface area contributed by atoms with Crippen molar-refractivity contribution >= 4 is 28.3 Å². The Morgan fingerprint density at radius 2 is 1.91 bits per heavy atom.